The van der Waals surface area contributed by atoms with Gasteiger partial charge in [-0.15, -0.1) is 10.2 Å². The highest BCUT2D eigenvalue weighted by Crippen LogP contribution is 2.28. The lowest BCUT2D eigenvalue weighted by Gasteiger charge is -2.10. The molecule has 3 aromatic heterocycles. The molecule has 8 nitrogen and oxygen atoms in total. The van der Waals surface area contributed by atoms with Gasteiger partial charge in [0.1, 0.15) is 17.3 Å². The van der Waals surface area contributed by atoms with Crippen molar-refractivity contribution in [3.63, 3.8) is 0 Å². The van der Waals surface area contributed by atoms with Gasteiger partial charge in [-0.25, -0.2) is 0 Å². The van der Waals surface area contributed by atoms with Gasteiger partial charge >= 0.3 is 0 Å². The van der Waals surface area contributed by atoms with Crippen LogP contribution < -0.4 is 9.47 Å². The molecule has 0 unspecified atom stereocenters. The van der Waals surface area contributed by atoms with Crippen molar-refractivity contribution in [1.82, 2.24) is 19.7 Å². The topological polar surface area (TPSA) is 92.3 Å². The van der Waals surface area contributed by atoms with Crippen LogP contribution >= 0.6 is 11.8 Å². The van der Waals surface area contributed by atoms with Crippen molar-refractivity contribution in [2.45, 2.75) is 11.7 Å². The average Bonchev–Trinajstić information content (AvgIpc) is 3.48. The monoisotopic (exact) mass is 436 g/mol. The second-order valence-electron chi connectivity index (χ2n) is 6.49. The third-order valence-corrected chi connectivity index (χ3v) is 5.54. The predicted octanol–water partition coefficient (Wildman–Crippen LogP) is 3.97. The second kappa shape index (κ2) is 9.48. The van der Waals surface area contributed by atoms with Crippen molar-refractivity contribution in [3.8, 4) is 22.9 Å². The fourth-order valence-corrected chi connectivity index (χ4v) is 3.87. The Morgan fingerprint density at radius 1 is 1.13 bits per heavy atom. The quantitative estimate of drug-likeness (QED) is 0.287. The number of Topliss-reactive ketones (excluding diaryl/α,β-unsaturated/α-hetero) is 1. The van der Waals surface area contributed by atoms with Gasteiger partial charge < -0.3 is 13.9 Å². The summed E-state index contributed by atoms with van der Waals surface area (Å²) < 4.78 is 18.0. The summed E-state index contributed by atoms with van der Waals surface area (Å²) in [6.07, 6.45) is 5.05. The number of nitrogens with zero attached hydrogens (tertiary/aromatic N) is 4. The van der Waals surface area contributed by atoms with Crippen molar-refractivity contribution >= 4 is 17.5 Å². The van der Waals surface area contributed by atoms with Gasteiger partial charge in [-0.1, -0.05) is 11.8 Å². The molecule has 4 rings (SSSR count). The normalized spacial score (nSPS) is 10.8. The zero-order valence-corrected chi connectivity index (χ0v) is 17.8. The van der Waals surface area contributed by atoms with E-state index in [1.54, 1.807) is 44.0 Å². The smallest absolute Gasteiger partial charge is 0.192 e. The minimum atomic E-state index is -0.101. The van der Waals surface area contributed by atoms with Crippen LogP contribution in [0.15, 0.2) is 70.7 Å². The van der Waals surface area contributed by atoms with Crippen molar-refractivity contribution in [2.24, 2.45) is 0 Å². The minimum absolute atomic E-state index is 0.101. The number of furan rings is 1. The number of hydrogen-bond acceptors (Lipinski definition) is 8. The van der Waals surface area contributed by atoms with E-state index >= 15 is 0 Å². The molecule has 0 aliphatic heterocycles. The van der Waals surface area contributed by atoms with E-state index in [2.05, 4.69) is 15.2 Å². The van der Waals surface area contributed by atoms with Gasteiger partial charge in [0.05, 0.1) is 38.3 Å². The Kier molecular flexibility index (Phi) is 6.32. The Labute approximate surface area is 183 Å². The first-order valence-corrected chi connectivity index (χ1v) is 10.4. The fourth-order valence-electron chi connectivity index (χ4n) is 3.04. The van der Waals surface area contributed by atoms with Crippen LogP contribution in [0.4, 0.5) is 0 Å². The summed E-state index contributed by atoms with van der Waals surface area (Å²) in [6.45, 7) is 0.434. The summed E-state index contributed by atoms with van der Waals surface area (Å²) in [7, 11) is 3.09. The number of rotatable bonds is 9. The molecule has 0 amide bonds. The van der Waals surface area contributed by atoms with Crippen LogP contribution in [0.3, 0.4) is 0 Å². The molecule has 0 saturated heterocycles. The molecule has 31 heavy (non-hydrogen) atoms. The lowest BCUT2D eigenvalue weighted by molar-refractivity contribution is 0.101. The maximum atomic E-state index is 12.9. The number of methoxy groups -OCH3 is 2. The van der Waals surface area contributed by atoms with E-state index in [1.165, 1.54) is 18.9 Å². The van der Waals surface area contributed by atoms with Crippen LogP contribution in [0.2, 0.25) is 0 Å². The molecule has 3 heterocycles. The summed E-state index contributed by atoms with van der Waals surface area (Å²) >= 11 is 1.30. The van der Waals surface area contributed by atoms with E-state index in [-0.39, 0.29) is 11.5 Å². The van der Waals surface area contributed by atoms with E-state index in [4.69, 9.17) is 13.9 Å². The highest BCUT2D eigenvalue weighted by Gasteiger charge is 2.19. The van der Waals surface area contributed by atoms with Crippen LogP contribution in [0, 0.1) is 0 Å². The first-order valence-electron chi connectivity index (χ1n) is 9.43. The molecule has 0 atom stereocenters. The highest BCUT2D eigenvalue weighted by molar-refractivity contribution is 7.99. The van der Waals surface area contributed by atoms with E-state index in [1.807, 2.05) is 28.8 Å². The summed E-state index contributed by atoms with van der Waals surface area (Å²) in [6, 6.07) is 12.6. The number of hydrogen-bond donors (Lipinski definition) is 0. The number of ether oxygens (including phenoxy) is 2. The van der Waals surface area contributed by atoms with Crippen LogP contribution in [-0.4, -0.2) is 45.5 Å². The number of aromatic nitrogens is 4. The largest absolute Gasteiger partial charge is 0.497 e. The maximum absolute atomic E-state index is 12.9. The number of benzene rings is 1. The lowest BCUT2D eigenvalue weighted by Crippen LogP contribution is -2.08. The molecule has 4 aromatic rings. The maximum Gasteiger partial charge on any atom is 0.192 e. The fraction of sp³-hybridized carbons (Fsp3) is 0.182. The first kappa shape index (κ1) is 20.7. The standard InChI is InChI=1S/C22H20N4O4S/c1-28-16-7-8-20(29-2)18(11-16)19(27)14-31-22-25-24-21(15-5-3-9-23-12-15)26(22)13-17-6-4-10-30-17/h3-12H,13-14H2,1-2H3. The van der Waals surface area contributed by atoms with E-state index in [0.717, 1.165) is 11.3 Å². The Bertz CT molecular complexity index is 1160. The SMILES string of the molecule is COc1ccc(OC)c(C(=O)CSc2nnc(-c3cccnc3)n2Cc2ccco2)c1. The van der Waals surface area contributed by atoms with Gasteiger partial charge in [0.25, 0.3) is 0 Å². The molecule has 0 N–H and O–H groups in total. The minimum Gasteiger partial charge on any atom is -0.497 e. The van der Waals surface area contributed by atoms with Crippen molar-refractivity contribution in [1.29, 1.82) is 0 Å². The zero-order chi connectivity index (χ0) is 21.6. The lowest BCUT2D eigenvalue weighted by atomic mass is 10.1. The van der Waals surface area contributed by atoms with E-state index in [9.17, 15) is 4.79 Å². The number of carbonyl (C=O) groups is 1. The molecule has 0 saturated carbocycles. The van der Waals surface area contributed by atoms with Gasteiger partial charge in [0.2, 0.25) is 0 Å². The molecule has 0 bridgehead atoms. The van der Waals surface area contributed by atoms with Crippen molar-refractivity contribution in [3.05, 3.63) is 72.4 Å². The van der Waals surface area contributed by atoms with E-state index in [0.29, 0.717) is 34.6 Å². The Morgan fingerprint density at radius 3 is 2.74 bits per heavy atom. The molecule has 9 heteroatoms. The molecule has 158 valence electrons. The van der Waals surface area contributed by atoms with Gasteiger partial charge in [-0.2, -0.15) is 0 Å². The van der Waals surface area contributed by atoms with Gasteiger partial charge in [0.15, 0.2) is 16.8 Å². The molecular weight excluding hydrogens is 416 g/mol. The summed E-state index contributed by atoms with van der Waals surface area (Å²) in [5.74, 6) is 2.56. The van der Waals surface area contributed by atoms with Crippen LogP contribution in [0.5, 0.6) is 11.5 Å². The van der Waals surface area contributed by atoms with Crippen LogP contribution in [0.1, 0.15) is 16.1 Å². The Morgan fingerprint density at radius 2 is 2.03 bits per heavy atom. The second-order valence-corrected chi connectivity index (χ2v) is 7.43. The molecule has 0 spiro atoms. The molecule has 0 radical (unpaired) electrons. The summed E-state index contributed by atoms with van der Waals surface area (Å²) in [5.41, 5.74) is 1.29. The van der Waals surface area contributed by atoms with Crippen molar-refractivity contribution < 1.29 is 18.7 Å². The third kappa shape index (κ3) is 4.61. The number of pyridine rings is 1. The summed E-state index contributed by atoms with van der Waals surface area (Å²) in [4.78, 5) is 17.1. The summed E-state index contributed by atoms with van der Waals surface area (Å²) in [5, 5.41) is 9.25. The molecule has 0 aliphatic carbocycles. The van der Waals surface area contributed by atoms with Gasteiger partial charge in [-0.3, -0.25) is 14.3 Å². The van der Waals surface area contributed by atoms with Crippen molar-refractivity contribution in [2.75, 3.05) is 20.0 Å². The van der Waals surface area contributed by atoms with Gasteiger partial charge in [-0.05, 0) is 42.5 Å². The predicted molar refractivity (Wildman–Crippen MR) is 116 cm³/mol. The number of thioether (sulfide) groups is 1. The average molecular weight is 436 g/mol. The molecule has 0 fully saturated rings. The molecule has 1 aromatic carbocycles. The Hall–Kier alpha value is -3.59. The number of carbonyl (C=O) groups excluding carboxylic acids is 1. The molecular formula is C22H20N4O4S. The Balaban J connectivity index is 1.60. The number of ketones is 1. The third-order valence-electron chi connectivity index (χ3n) is 4.57. The van der Waals surface area contributed by atoms with E-state index < -0.39 is 0 Å². The zero-order valence-electron chi connectivity index (χ0n) is 17.0. The highest BCUT2D eigenvalue weighted by atomic mass is 32.2. The van der Waals surface area contributed by atoms with Crippen LogP contribution in [0.25, 0.3) is 11.4 Å². The first-order chi connectivity index (χ1) is 15.2. The van der Waals surface area contributed by atoms with Gasteiger partial charge in [0, 0.05) is 18.0 Å². The van der Waals surface area contributed by atoms with Crippen LogP contribution in [-0.2, 0) is 6.54 Å². The molecule has 0 aliphatic rings.